The van der Waals surface area contributed by atoms with E-state index in [1.165, 1.54) is 4.31 Å². The van der Waals surface area contributed by atoms with Gasteiger partial charge in [-0.25, -0.2) is 13.2 Å². The zero-order valence-corrected chi connectivity index (χ0v) is 17.9. The molecule has 7 nitrogen and oxygen atoms in total. The molecule has 1 aromatic carbocycles. The third kappa shape index (κ3) is 4.18. The first-order chi connectivity index (χ1) is 13.1. The van der Waals surface area contributed by atoms with Gasteiger partial charge in [-0.15, -0.1) is 0 Å². The van der Waals surface area contributed by atoms with E-state index < -0.39 is 21.3 Å². The Morgan fingerprint density at radius 2 is 1.75 bits per heavy atom. The average Bonchev–Trinajstić information content (AvgIpc) is 3.04. The lowest BCUT2D eigenvalue weighted by Crippen LogP contribution is -2.56. The number of amides is 1. The highest BCUT2D eigenvalue weighted by Crippen LogP contribution is 2.38. The van der Waals surface area contributed by atoms with Crippen LogP contribution in [0.1, 0.15) is 46.1 Å². The fourth-order valence-electron chi connectivity index (χ4n) is 3.72. The van der Waals surface area contributed by atoms with Crippen LogP contribution in [-0.2, 0) is 25.9 Å². The summed E-state index contributed by atoms with van der Waals surface area (Å²) in [6.45, 7) is 9.00. The number of piperidine rings is 1. The second kappa shape index (κ2) is 7.65. The molecule has 2 fully saturated rings. The summed E-state index contributed by atoms with van der Waals surface area (Å²) in [5.41, 5.74) is -0.353. The summed E-state index contributed by atoms with van der Waals surface area (Å²) in [6.07, 6.45) is 1.35. The van der Waals surface area contributed by atoms with Gasteiger partial charge in [0, 0.05) is 32.5 Å². The van der Waals surface area contributed by atoms with Gasteiger partial charge in [0.2, 0.25) is 10.0 Å². The second-order valence-electron chi connectivity index (χ2n) is 8.34. The largest absolute Gasteiger partial charge is 0.444 e. The first kappa shape index (κ1) is 21.1. The molecule has 156 valence electrons. The van der Waals surface area contributed by atoms with E-state index in [0.29, 0.717) is 39.1 Å². The van der Waals surface area contributed by atoms with E-state index in [-0.39, 0.29) is 11.0 Å². The van der Waals surface area contributed by atoms with Gasteiger partial charge in [-0.2, -0.15) is 4.31 Å². The molecule has 2 aliphatic heterocycles. The minimum atomic E-state index is -3.66. The maximum atomic E-state index is 13.3. The van der Waals surface area contributed by atoms with Gasteiger partial charge < -0.3 is 14.4 Å². The Labute approximate surface area is 167 Å². The SMILES string of the molecule is CCc1ccc(S(=O)(=O)N2CCOC23CCN(C(=O)OC(C)(C)C)CC3)cc1. The number of hydrogen-bond acceptors (Lipinski definition) is 5. The van der Waals surface area contributed by atoms with Crippen LogP contribution in [0.15, 0.2) is 29.2 Å². The summed E-state index contributed by atoms with van der Waals surface area (Å²) >= 11 is 0. The molecule has 1 spiro atoms. The zero-order valence-electron chi connectivity index (χ0n) is 17.1. The van der Waals surface area contributed by atoms with E-state index in [1.54, 1.807) is 17.0 Å². The van der Waals surface area contributed by atoms with Crippen molar-refractivity contribution in [3.63, 3.8) is 0 Å². The van der Waals surface area contributed by atoms with Crippen LogP contribution < -0.4 is 0 Å². The molecule has 8 heteroatoms. The number of rotatable bonds is 3. The number of hydrogen-bond donors (Lipinski definition) is 0. The van der Waals surface area contributed by atoms with E-state index in [9.17, 15) is 13.2 Å². The molecule has 3 rings (SSSR count). The van der Waals surface area contributed by atoms with Gasteiger partial charge >= 0.3 is 6.09 Å². The number of nitrogens with zero attached hydrogens (tertiary/aromatic N) is 2. The molecule has 0 bridgehead atoms. The van der Waals surface area contributed by atoms with Crippen LogP contribution >= 0.6 is 0 Å². The van der Waals surface area contributed by atoms with Crippen molar-refractivity contribution in [2.24, 2.45) is 0 Å². The van der Waals surface area contributed by atoms with E-state index in [0.717, 1.165) is 12.0 Å². The molecule has 28 heavy (non-hydrogen) atoms. The molecule has 1 aromatic rings. The second-order valence-corrected chi connectivity index (χ2v) is 10.2. The number of benzene rings is 1. The van der Waals surface area contributed by atoms with Gasteiger partial charge in [0.1, 0.15) is 11.3 Å². The van der Waals surface area contributed by atoms with Gasteiger partial charge in [-0.3, -0.25) is 0 Å². The number of carbonyl (C=O) groups excluding carboxylic acids is 1. The fourth-order valence-corrected chi connectivity index (χ4v) is 5.44. The lowest BCUT2D eigenvalue weighted by atomic mass is 10.0. The van der Waals surface area contributed by atoms with Crippen LogP contribution in [0.25, 0.3) is 0 Å². The predicted octanol–water partition coefficient (Wildman–Crippen LogP) is 3.00. The summed E-state index contributed by atoms with van der Waals surface area (Å²) in [4.78, 5) is 14.2. The molecular weight excluding hydrogens is 380 g/mol. The van der Waals surface area contributed by atoms with Crippen molar-refractivity contribution in [1.82, 2.24) is 9.21 Å². The Balaban J connectivity index is 1.75. The summed E-state index contributed by atoms with van der Waals surface area (Å²) in [5.74, 6) is 0. The number of carbonyl (C=O) groups is 1. The van der Waals surface area contributed by atoms with Crippen LogP contribution in [0.4, 0.5) is 4.79 Å². The normalized spacial score (nSPS) is 20.5. The van der Waals surface area contributed by atoms with Crippen molar-refractivity contribution < 1.29 is 22.7 Å². The smallest absolute Gasteiger partial charge is 0.410 e. The van der Waals surface area contributed by atoms with Crippen molar-refractivity contribution >= 4 is 16.1 Å². The number of aryl methyl sites for hydroxylation is 1. The number of sulfonamides is 1. The quantitative estimate of drug-likeness (QED) is 0.766. The summed E-state index contributed by atoms with van der Waals surface area (Å²) in [7, 11) is -3.66. The van der Waals surface area contributed by atoms with Gasteiger partial charge in [0.05, 0.1) is 11.5 Å². The number of ether oxygens (including phenoxy) is 2. The van der Waals surface area contributed by atoms with Gasteiger partial charge in [0.15, 0.2) is 0 Å². The van der Waals surface area contributed by atoms with Crippen LogP contribution in [-0.4, -0.2) is 61.3 Å². The molecule has 0 atom stereocenters. The first-order valence-corrected chi connectivity index (χ1v) is 11.3. The van der Waals surface area contributed by atoms with E-state index >= 15 is 0 Å². The van der Waals surface area contributed by atoms with E-state index in [2.05, 4.69) is 0 Å². The van der Waals surface area contributed by atoms with Crippen molar-refractivity contribution in [3.05, 3.63) is 29.8 Å². The summed E-state index contributed by atoms with van der Waals surface area (Å²) in [6, 6.07) is 7.02. The highest BCUT2D eigenvalue weighted by Gasteiger charge is 2.51. The average molecular weight is 411 g/mol. The molecule has 0 saturated carbocycles. The molecule has 0 aromatic heterocycles. The van der Waals surface area contributed by atoms with Gasteiger partial charge in [-0.05, 0) is 44.9 Å². The molecule has 0 unspecified atom stereocenters. The maximum Gasteiger partial charge on any atom is 0.410 e. The third-order valence-electron chi connectivity index (χ3n) is 5.24. The number of likely N-dealkylation sites (tertiary alicyclic amines) is 1. The topological polar surface area (TPSA) is 76.2 Å². The molecule has 2 saturated heterocycles. The Morgan fingerprint density at radius 3 is 2.29 bits per heavy atom. The van der Waals surface area contributed by atoms with Crippen LogP contribution in [0.5, 0.6) is 0 Å². The molecule has 0 N–H and O–H groups in total. The zero-order chi connectivity index (χ0) is 20.6. The van der Waals surface area contributed by atoms with Crippen molar-refractivity contribution in [2.45, 2.75) is 63.2 Å². The lowest BCUT2D eigenvalue weighted by Gasteiger charge is -2.42. The highest BCUT2D eigenvalue weighted by atomic mass is 32.2. The molecule has 0 radical (unpaired) electrons. The molecule has 1 amide bonds. The van der Waals surface area contributed by atoms with Crippen molar-refractivity contribution in [1.29, 1.82) is 0 Å². The Hall–Kier alpha value is -1.64. The molecule has 2 heterocycles. The van der Waals surface area contributed by atoms with Gasteiger partial charge in [-0.1, -0.05) is 19.1 Å². The summed E-state index contributed by atoms with van der Waals surface area (Å²) in [5, 5.41) is 0. The molecule has 0 aliphatic carbocycles. The highest BCUT2D eigenvalue weighted by molar-refractivity contribution is 7.89. The fraction of sp³-hybridized carbons (Fsp3) is 0.650. The van der Waals surface area contributed by atoms with Gasteiger partial charge in [0.25, 0.3) is 0 Å². The summed E-state index contributed by atoms with van der Waals surface area (Å²) < 4.78 is 39.4. The van der Waals surface area contributed by atoms with Crippen LogP contribution in [0, 0.1) is 0 Å². The van der Waals surface area contributed by atoms with E-state index in [1.807, 2.05) is 39.8 Å². The Kier molecular flexibility index (Phi) is 5.76. The Morgan fingerprint density at radius 1 is 1.14 bits per heavy atom. The van der Waals surface area contributed by atoms with E-state index in [4.69, 9.17) is 9.47 Å². The maximum absolute atomic E-state index is 13.3. The first-order valence-electron chi connectivity index (χ1n) is 9.81. The monoisotopic (exact) mass is 410 g/mol. The van der Waals surface area contributed by atoms with Crippen LogP contribution in [0.3, 0.4) is 0 Å². The molecular formula is C20H30N2O5S. The van der Waals surface area contributed by atoms with Crippen LogP contribution in [0.2, 0.25) is 0 Å². The predicted molar refractivity (Wildman–Crippen MR) is 105 cm³/mol. The lowest BCUT2D eigenvalue weighted by molar-refractivity contribution is -0.0907. The minimum Gasteiger partial charge on any atom is -0.444 e. The third-order valence-corrected chi connectivity index (χ3v) is 7.20. The molecule has 2 aliphatic rings. The van der Waals surface area contributed by atoms with Crippen molar-refractivity contribution in [2.75, 3.05) is 26.2 Å². The van der Waals surface area contributed by atoms with Crippen molar-refractivity contribution in [3.8, 4) is 0 Å². The minimum absolute atomic E-state index is 0.282. The standard InChI is InChI=1S/C20H30N2O5S/c1-5-16-6-8-17(9-7-16)28(24,25)22-14-15-26-20(22)10-12-21(13-11-20)18(23)27-19(2,3)4/h6-9H,5,10-15H2,1-4H3. The Bertz CT molecular complexity index is 806.